The number of fused-ring (bicyclic) bond motifs is 1. The number of hydrogen-bond acceptors (Lipinski definition) is 4. The second-order valence-electron chi connectivity index (χ2n) is 5.24. The zero-order chi connectivity index (χ0) is 15.1. The molecule has 0 bridgehead atoms. The molecular formula is C12H16ClNO5S. The number of halogens is 1. The summed E-state index contributed by atoms with van der Waals surface area (Å²) in [5.41, 5.74) is 0.908. The highest BCUT2D eigenvalue weighted by atomic mass is 35.5. The molecule has 1 aliphatic heterocycles. The highest BCUT2D eigenvalue weighted by molar-refractivity contribution is 7.83. The van der Waals surface area contributed by atoms with Crippen LogP contribution in [0.5, 0.6) is 5.75 Å². The molecule has 1 heterocycles. The molecule has 0 amide bonds. The van der Waals surface area contributed by atoms with Gasteiger partial charge in [0, 0.05) is 12.1 Å². The first-order valence-electron chi connectivity index (χ1n) is 5.96. The van der Waals surface area contributed by atoms with Crippen molar-refractivity contribution in [1.82, 2.24) is 4.72 Å². The molecule has 2 atom stereocenters. The van der Waals surface area contributed by atoms with Crippen LogP contribution >= 0.6 is 11.6 Å². The average Bonchev–Trinajstić information content (AvgIpc) is 2.56. The summed E-state index contributed by atoms with van der Waals surface area (Å²) in [5, 5.41) is 9.20. The van der Waals surface area contributed by atoms with E-state index in [4.69, 9.17) is 20.9 Å². The maximum absolute atomic E-state index is 10.6. The van der Waals surface area contributed by atoms with Crippen LogP contribution in [0.4, 0.5) is 0 Å². The lowest BCUT2D eigenvalue weighted by Crippen LogP contribution is -2.31. The van der Waals surface area contributed by atoms with E-state index in [1.54, 1.807) is 18.2 Å². The Bertz CT molecular complexity index is 616. The lowest BCUT2D eigenvalue weighted by Gasteiger charge is -2.21. The van der Waals surface area contributed by atoms with E-state index in [2.05, 4.69) is 0 Å². The maximum atomic E-state index is 10.6. The van der Waals surface area contributed by atoms with Crippen LogP contribution < -0.4 is 9.46 Å². The molecule has 0 radical (unpaired) electrons. The zero-order valence-electron chi connectivity index (χ0n) is 11.0. The van der Waals surface area contributed by atoms with Gasteiger partial charge in [0.15, 0.2) is 0 Å². The van der Waals surface area contributed by atoms with Gasteiger partial charge in [-0.1, -0.05) is 6.07 Å². The molecule has 3 N–H and O–H groups in total. The molecule has 1 aromatic rings. The van der Waals surface area contributed by atoms with E-state index in [9.17, 15) is 13.5 Å². The molecule has 0 fully saturated rings. The van der Waals surface area contributed by atoms with E-state index in [1.165, 1.54) is 0 Å². The summed E-state index contributed by atoms with van der Waals surface area (Å²) in [4.78, 5) is 0. The predicted molar refractivity (Wildman–Crippen MR) is 74.2 cm³/mol. The molecule has 0 spiro atoms. The predicted octanol–water partition coefficient (Wildman–Crippen LogP) is 1.35. The molecule has 6 nitrogen and oxygen atoms in total. The third-order valence-corrected chi connectivity index (χ3v) is 4.30. The van der Waals surface area contributed by atoms with Gasteiger partial charge in [0.2, 0.25) is 6.29 Å². The normalized spacial score (nSPS) is 22.1. The Hall–Kier alpha value is -0.860. The van der Waals surface area contributed by atoms with Crippen LogP contribution in [-0.4, -0.2) is 30.9 Å². The maximum Gasteiger partial charge on any atom is 0.333 e. The third kappa shape index (κ3) is 3.07. The fourth-order valence-electron chi connectivity index (χ4n) is 2.05. The van der Waals surface area contributed by atoms with Crippen molar-refractivity contribution in [2.45, 2.75) is 30.9 Å². The molecule has 0 aromatic heterocycles. The minimum absolute atomic E-state index is 0.136. The van der Waals surface area contributed by atoms with E-state index in [1.807, 2.05) is 18.6 Å². The summed E-state index contributed by atoms with van der Waals surface area (Å²) in [5.74, 6) is 0.581. The smallest absolute Gasteiger partial charge is 0.333 e. The second-order valence-corrected chi connectivity index (χ2v) is 7.00. The van der Waals surface area contributed by atoms with Gasteiger partial charge in [0.25, 0.3) is 0 Å². The topological polar surface area (TPSA) is 95.9 Å². The lowest BCUT2D eigenvalue weighted by molar-refractivity contribution is -0.0450. The van der Waals surface area contributed by atoms with Gasteiger partial charge < -0.3 is 9.84 Å². The molecule has 2 rings (SSSR count). The van der Waals surface area contributed by atoms with Crippen molar-refractivity contribution in [2.75, 3.05) is 6.54 Å². The first kappa shape index (κ1) is 15.5. The largest absolute Gasteiger partial charge is 0.464 e. The number of aliphatic hydroxyl groups excluding tert-OH is 1. The standard InChI is InChI=1S/C12H16ClNO5S/c1-12(2)8-5-7(3-4-10(8)19-11(12)15)9(13)6-14-20(16,17)18/h3-5,9,11,14-15H,6H2,1-2H3,(H,16,17,18). The van der Waals surface area contributed by atoms with Crippen molar-refractivity contribution in [1.29, 1.82) is 0 Å². The fraction of sp³-hybridized carbons (Fsp3) is 0.500. The Labute approximate surface area is 122 Å². The molecule has 20 heavy (non-hydrogen) atoms. The summed E-state index contributed by atoms with van der Waals surface area (Å²) >= 11 is 6.10. The van der Waals surface area contributed by atoms with Crippen molar-refractivity contribution < 1.29 is 22.8 Å². The van der Waals surface area contributed by atoms with Gasteiger partial charge in [-0.3, -0.25) is 4.55 Å². The van der Waals surface area contributed by atoms with Gasteiger partial charge in [-0.05, 0) is 31.5 Å². The summed E-state index contributed by atoms with van der Waals surface area (Å²) in [6.45, 7) is 3.54. The van der Waals surface area contributed by atoms with Crippen molar-refractivity contribution in [3.05, 3.63) is 29.3 Å². The lowest BCUT2D eigenvalue weighted by atomic mass is 9.84. The van der Waals surface area contributed by atoms with Crippen molar-refractivity contribution >= 4 is 21.9 Å². The molecule has 1 aliphatic rings. The minimum atomic E-state index is -4.27. The molecule has 8 heteroatoms. The van der Waals surface area contributed by atoms with Gasteiger partial charge in [-0.2, -0.15) is 13.1 Å². The van der Waals surface area contributed by atoms with Crippen molar-refractivity contribution in [3.8, 4) is 5.75 Å². The van der Waals surface area contributed by atoms with Gasteiger partial charge in [0.05, 0.1) is 10.8 Å². The number of rotatable bonds is 4. The van der Waals surface area contributed by atoms with Crippen LogP contribution in [0.3, 0.4) is 0 Å². The van der Waals surface area contributed by atoms with Crippen LogP contribution in [0.25, 0.3) is 0 Å². The SMILES string of the molecule is CC1(C)c2cc(C(Cl)CNS(=O)(=O)O)ccc2OC1O. The minimum Gasteiger partial charge on any atom is -0.464 e. The number of alkyl halides is 1. The zero-order valence-corrected chi connectivity index (χ0v) is 12.6. The third-order valence-electron chi connectivity index (χ3n) is 3.36. The highest BCUT2D eigenvalue weighted by Gasteiger charge is 2.40. The van der Waals surface area contributed by atoms with E-state index in [-0.39, 0.29) is 6.54 Å². The van der Waals surface area contributed by atoms with E-state index < -0.39 is 27.4 Å². The number of hydrogen-bond donors (Lipinski definition) is 3. The van der Waals surface area contributed by atoms with E-state index in [0.29, 0.717) is 11.3 Å². The average molecular weight is 322 g/mol. The Morgan fingerprint density at radius 2 is 2.15 bits per heavy atom. The fourth-order valence-corrected chi connectivity index (χ4v) is 2.73. The highest BCUT2D eigenvalue weighted by Crippen LogP contribution is 2.43. The van der Waals surface area contributed by atoms with Gasteiger partial charge in [-0.25, -0.2) is 0 Å². The Kier molecular flexibility index (Phi) is 4.01. The first-order valence-corrected chi connectivity index (χ1v) is 7.84. The van der Waals surface area contributed by atoms with Crippen LogP contribution in [0.1, 0.15) is 30.4 Å². The number of nitrogens with one attached hydrogen (secondary N) is 1. The molecule has 0 saturated heterocycles. The Balaban J connectivity index is 2.22. The van der Waals surface area contributed by atoms with Crippen LogP contribution in [-0.2, 0) is 15.7 Å². The van der Waals surface area contributed by atoms with Crippen molar-refractivity contribution in [3.63, 3.8) is 0 Å². The number of aliphatic hydroxyl groups is 1. The number of benzene rings is 1. The Morgan fingerprint density at radius 1 is 1.50 bits per heavy atom. The van der Waals surface area contributed by atoms with Crippen LogP contribution in [0.2, 0.25) is 0 Å². The summed E-state index contributed by atoms with van der Waals surface area (Å²) in [6, 6.07) is 5.15. The summed E-state index contributed by atoms with van der Waals surface area (Å²) in [7, 11) is -4.27. The van der Waals surface area contributed by atoms with E-state index in [0.717, 1.165) is 5.56 Å². The second kappa shape index (κ2) is 5.16. The first-order chi connectivity index (χ1) is 9.11. The summed E-state index contributed by atoms with van der Waals surface area (Å²) < 4.78 is 37.2. The van der Waals surface area contributed by atoms with Gasteiger partial charge in [-0.15, -0.1) is 11.6 Å². The quantitative estimate of drug-likeness (QED) is 0.574. The van der Waals surface area contributed by atoms with Crippen molar-refractivity contribution in [2.24, 2.45) is 0 Å². The number of ether oxygens (including phenoxy) is 1. The van der Waals surface area contributed by atoms with E-state index >= 15 is 0 Å². The Morgan fingerprint density at radius 3 is 2.75 bits per heavy atom. The van der Waals surface area contributed by atoms with Crippen LogP contribution in [0.15, 0.2) is 18.2 Å². The molecule has 112 valence electrons. The molecule has 0 saturated carbocycles. The van der Waals surface area contributed by atoms with Crippen LogP contribution in [0, 0.1) is 0 Å². The summed E-state index contributed by atoms with van der Waals surface area (Å²) in [6.07, 6.45) is -0.933. The van der Waals surface area contributed by atoms with Gasteiger partial charge >= 0.3 is 10.3 Å². The van der Waals surface area contributed by atoms with Gasteiger partial charge in [0.1, 0.15) is 5.75 Å². The molecule has 2 unspecified atom stereocenters. The molecular weight excluding hydrogens is 306 g/mol. The molecule has 1 aromatic carbocycles. The molecule has 0 aliphatic carbocycles. The monoisotopic (exact) mass is 321 g/mol.